The Morgan fingerprint density at radius 3 is 2.59 bits per heavy atom. The summed E-state index contributed by atoms with van der Waals surface area (Å²) >= 11 is 0. The van der Waals surface area contributed by atoms with E-state index in [0.717, 1.165) is 38.9 Å². The van der Waals surface area contributed by atoms with Crippen LogP contribution < -0.4 is 5.32 Å². The summed E-state index contributed by atoms with van der Waals surface area (Å²) in [5.74, 6) is 5.94. The second kappa shape index (κ2) is 7.18. The first-order chi connectivity index (χ1) is 8.15. The number of nitrogens with zero attached hydrogens (tertiary/aromatic N) is 2. The van der Waals surface area contributed by atoms with Gasteiger partial charge in [0.2, 0.25) is 0 Å². The van der Waals surface area contributed by atoms with Crippen LogP contribution in [0, 0.1) is 11.8 Å². The zero-order valence-corrected chi connectivity index (χ0v) is 11.1. The molecule has 0 aromatic rings. The fraction of sp³-hybridized carbons (Fsp3) is 0.769. The van der Waals surface area contributed by atoms with E-state index in [1.807, 2.05) is 11.8 Å². The predicted molar refractivity (Wildman–Crippen MR) is 69.7 cm³/mol. The van der Waals surface area contributed by atoms with Crippen LogP contribution in [-0.4, -0.2) is 55.6 Å². The summed E-state index contributed by atoms with van der Waals surface area (Å²) in [5, 5.41) is 3.49. The monoisotopic (exact) mass is 237 g/mol. The van der Waals surface area contributed by atoms with Crippen molar-refractivity contribution in [3.05, 3.63) is 0 Å². The number of carbonyl (C=O) groups excluding carboxylic acids is 1. The highest BCUT2D eigenvalue weighted by Gasteiger charge is 2.22. The Morgan fingerprint density at radius 1 is 1.41 bits per heavy atom. The van der Waals surface area contributed by atoms with Crippen LogP contribution in [0.5, 0.6) is 0 Å². The maximum Gasteiger partial charge on any atom is 0.319 e. The van der Waals surface area contributed by atoms with E-state index in [4.69, 9.17) is 0 Å². The molecule has 0 aromatic carbocycles. The van der Waals surface area contributed by atoms with Crippen LogP contribution in [0.3, 0.4) is 0 Å². The number of piperidine rings is 1. The summed E-state index contributed by atoms with van der Waals surface area (Å²) in [5.41, 5.74) is 0. The normalized spacial score (nSPS) is 16.3. The maximum atomic E-state index is 11.7. The summed E-state index contributed by atoms with van der Waals surface area (Å²) in [7, 11) is 3.60. The Bertz CT molecular complexity index is 296. The fourth-order valence-corrected chi connectivity index (χ4v) is 2.02. The zero-order chi connectivity index (χ0) is 12.7. The second-order valence-electron chi connectivity index (χ2n) is 4.57. The standard InChI is InChI=1S/C13H23N3O/c1-4-5-6-9-14-12-7-10-16(11-8-12)13(17)15(2)3/h12,14H,6-11H2,1-3H3. The van der Waals surface area contributed by atoms with Crippen molar-refractivity contribution in [2.45, 2.75) is 32.2 Å². The molecule has 1 saturated heterocycles. The molecule has 0 unspecified atom stereocenters. The number of hydrogen-bond donors (Lipinski definition) is 1. The van der Waals surface area contributed by atoms with E-state index < -0.39 is 0 Å². The molecule has 17 heavy (non-hydrogen) atoms. The van der Waals surface area contributed by atoms with Crippen molar-refractivity contribution >= 4 is 6.03 Å². The van der Waals surface area contributed by atoms with Gasteiger partial charge in [-0.25, -0.2) is 4.79 Å². The molecule has 2 amide bonds. The van der Waals surface area contributed by atoms with E-state index in [1.165, 1.54) is 0 Å². The van der Waals surface area contributed by atoms with Crippen molar-refractivity contribution in [2.24, 2.45) is 0 Å². The lowest BCUT2D eigenvalue weighted by molar-refractivity contribution is 0.152. The summed E-state index contributed by atoms with van der Waals surface area (Å²) in [4.78, 5) is 15.3. The smallest absolute Gasteiger partial charge is 0.319 e. The minimum Gasteiger partial charge on any atom is -0.331 e. The molecule has 0 saturated carbocycles. The van der Waals surface area contributed by atoms with E-state index in [9.17, 15) is 4.79 Å². The average molecular weight is 237 g/mol. The molecule has 0 atom stereocenters. The molecule has 1 rings (SSSR count). The quantitative estimate of drug-likeness (QED) is 0.590. The molecule has 1 aliphatic heterocycles. The Morgan fingerprint density at radius 2 is 2.06 bits per heavy atom. The van der Waals surface area contributed by atoms with Gasteiger partial charge in [0, 0.05) is 46.2 Å². The van der Waals surface area contributed by atoms with Gasteiger partial charge >= 0.3 is 6.03 Å². The Labute approximate surface area is 104 Å². The van der Waals surface area contributed by atoms with Crippen LogP contribution >= 0.6 is 0 Å². The number of likely N-dealkylation sites (tertiary alicyclic amines) is 1. The van der Waals surface area contributed by atoms with Gasteiger partial charge in [0.15, 0.2) is 0 Å². The summed E-state index contributed by atoms with van der Waals surface area (Å²) in [6.45, 7) is 4.53. The van der Waals surface area contributed by atoms with Crippen molar-refractivity contribution < 1.29 is 4.79 Å². The minimum atomic E-state index is 0.125. The first-order valence-corrected chi connectivity index (χ1v) is 6.24. The van der Waals surface area contributed by atoms with Crippen molar-refractivity contribution in [2.75, 3.05) is 33.7 Å². The van der Waals surface area contributed by atoms with Crippen LogP contribution in [0.1, 0.15) is 26.2 Å². The van der Waals surface area contributed by atoms with Gasteiger partial charge in [0.05, 0.1) is 0 Å². The molecule has 0 bridgehead atoms. The lowest BCUT2D eigenvalue weighted by atomic mass is 10.1. The molecule has 1 aliphatic rings. The van der Waals surface area contributed by atoms with Crippen LogP contribution in [0.4, 0.5) is 4.79 Å². The van der Waals surface area contributed by atoms with E-state index >= 15 is 0 Å². The molecule has 0 spiro atoms. The van der Waals surface area contributed by atoms with Gasteiger partial charge in [-0.3, -0.25) is 0 Å². The highest BCUT2D eigenvalue weighted by Crippen LogP contribution is 2.11. The SMILES string of the molecule is CC#CCCNC1CCN(C(=O)N(C)C)CC1. The summed E-state index contributed by atoms with van der Waals surface area (Å²) in [6.07, 6.45) is 2.99. The van der Waals surface area contributed by atoms with Crippen molar-refractivity contribution in [3.63, 3.8) is 0 Å². The minimum absolute atomic E-state index is 0.125. The van der Waals surface area contributed by atoms with Gasteiger partial charge in [-0.1, -0.05) is 0 Å². The maximum absolute atomic E-state index is 11.7. The lowest BCUT2D eigenvalue weighted by Crippen LogP contribution is -2.48. The van der Waals surface area contributed by atoms with E-state index in [2.05, 4.69) is 17.2 Å². The van der Waals surface area contributed by atoms with E-state index in [1.54, 1.807) is 19.0 Å². The van der Waals surface area contributed by atoms with Crippen LogP contribution in [0.25, 0.3) is 0 Å². The Balaban J connectivity index is 2.21. The molecule has 4 nitrogen and oxygen atoms in total. The zero-order valence-electron chi connectivity index (χ0n) is 11.1. The van der Waals surface area contributed by atoms with Gasteiger partial charge in [-0.05, 0) is 19.8 Å². The molecule has 96 valence electrons. The van der Waals surface area contributed by atoms with Crippen molar-refractivity contribution in [3.8, 4) is 11.8 Å². The molecule has 0 aromatic heterocycles. The average Bonchev–Trinajstić information content (AvgIpc) is 2.34. The number of carbonyl (C=O) groups is 1. The predicted octanol–water partition coefficient (Wildman–Crippen LogP) is 1.14. The number of hydrogen-bond acceptors (Lipinski definition) is 2. The van der Waals surface area contributed by atoms with Crippen molar-refractivity contribution in [1.82, 2.24) is 15.1 Å². The number of nitrogens with one attached hydrogen (secondary N) is 1. The molecule has 1 N–H and O–H groups in total. The highest BCUT2D eigenvalue weighted by atomic mass is 16.2. The first kappa shape index (κ1) is 13.9. The van der Waals surface area contributed by atoms with Gasteiger partial charge in [0.1, 0.15) is 0 Å². The number of urea groups is 1. The fourth-order valence-electron chi connectivity index (χ4n) is 2.02. The molecule has 4 heteroatoms. The molecule has 0 aliphatic carbocycles. The van der Waals surface area contributed by atoms with Crippen LogP contribution in [0.15, 0.2) is 0 Å². The van der Waals surface area contributed by atoms with Crippen LogP contribution in [0.2, 0.25) is 0 Å². The number of rotatable bonds is 3. The van der Waals surface area contributed by atoms with E-state index in [0.29, 0.717) is 6.04 Å². The van der Waals surface area contributed by atoms with E-state index in [-0.39, 0.29) is 6.03 Å². The van der Waals surface area contributed by atoms with Gasteiger partial charge in [0.25, 0.3) is 0 Å². The Hall–Kier alpha value is -1.21. The topological polar surface area (TPSA) is 35.6 Å². The second-order valence-corrected chi connectivity index (χ2v) is 4.57. The van der Waals surface area contributed by atoms with Gasteiger partial charge < -0.3 is 15.1 Å². The van der Waals surface area contributed by atoms with Crippen LogP contribution in [-0.2, 0) is 0 Å². The highest BCUT2D eigenvalue weighted by molar-refractivity contribution is 5.73. The van der Waals surface area contributed by atoms with Crippen molar-refractivity contribution in [1.29, 1.82) is 0 Å². The van der Waals surface area contributed by atoms with Gasteiger partial charge in [-0.2, -0.15) is 0 Å². The first-order valence-electron chi connectivity index (χ1n) is 6.24. The third kappa shape index (κ3) is 4.66. The molecule has 1 heterocycles. The summed E-state index contributed by atoms with van der Waals surface area (Å²) < 4.78 is 0. The third-order valence-corrected chi connectivity index (χ3v) is 3.01. The molecular weight excluding hydrogens is 214 g/mol. The lowest BCUT2D eigenvalue weighted by Gasteiger charge is -2.34. The number of amides is 2. The largest absolute Gasteiger partial charge is 0.331 e. The van der Waals surface area contributed by atoms with Gasteiger partial charge in [-0.15, -0.1) is 11.8 Å². The third-order valence-electron chi connectivity index (χ3n) is 3.01. The summed E-state index contributed by atoms with van der Waals surface area (Å²) in [6, 6.07) is 0.667. The molecular formula is C13H23N3O. The molecule has 1 fully saturated rings. The molecule has 0 radical (unpaired) electrons. The Kier molecular flexibility index (Phi) is 5.85.